The van der Waals surface area contributed by atoms with Gasteiger partial charge in [0.15, 0.2) is 0 Å². The van der Waals surface area contributed by atoms with Crippen LogP contribution < -0.4 is 5.32 Å². The third-order valence-electron chi connectivity index (χ3n) is 2.65. The fourth-order valence-electron chi connectivity index (χ4n) is 1.84. The summed E-state index contributed by atoms with van der Waals surface area (Å²) >= 11 is 0. The predicted octanol–water partition coefficient (Wildman–Crippen LogP) is 2.52. The molecule has 0 bridgehead atoms. The molecule has 1 atom stereocenters. The minimum absolute atomic E-state index is 0.617. The summed E-state index contributed by atoms with van der Waals surface area (Å²) in [5.41, 5.74) is 1.40. The molecule has 3 heteroatoms. The molecule has 0 amide bonds. The van der Waals surface area contributed by atoms with Crippen LogP contribution in [0.3, 0.4) is 0 Å². The van der Waals surface area contributed by atoms with Gasteiger partial charge < -0.3 is 10.3 Å². The van der Waals surface area contributed by atoms with E-state index in [1.165, 1.54) is 24.9 Å². The summed E-state index contributed by atoms with van der Waals surface area (Å²) in [4.78, 5) is 6.85. The average molecular weight is 215 g/mol. The summed E-state index contributed by atoms with van der Waals surface area (Å²) in [5, 5.41) is 3.44. The molecule has 0 spiro atoms. The Morgan fingerprint density at radius 1 is 1.19 bits per heavy atom. The minimum atomic E-state index is 0.617. The lowest BCUT2D eigenvalue weighted by Gasteiger charge is -2.05. The fraction of sp³-hybridized carbons (Fsp3) is 0.308. The molecule has 0 radical (unpaired) electrons. The third-order valence-corrected chi connectivity index (χ3v) is 2.65. The lowest BCUT2D eigenvalue weighted by molar-refractivity contribution is 0.648. The molecule has 0 aromatic carbocycles. The van der Waals surface area contributed by atoms with Crippen LogP contribution in [0.5, 0.6) is 0 Å². The fourth-order valence-corrected chi connectivity index (χ4v) is 1.84. The highest BCUT2D eigenvalue weighted by Crippen LogP contribution is 2.21. The van der Waals surface area contributed by atoms with Crippen molar-refractivity contribution in [1.29, 1.82) is 0 Å². The predicted molar refractivity (Wildman–Crippen MR) is 65.0 cm³/mol. The number of aromatic nitrogens is 2. The Balaban J connectivity index is 0.000000138. The molecule has 1 unspecified atom stereocenters. The Morgan fingerprint density at radius 2 is 2.06 bits per heavy atom. The number of H-pyrrole nitrogens is 1. The van der Waals surface area contributed by atoms with E-state index in [4.69, 9.17) is 0 Å². The highest BCUT2D eigenvalue weighted by Gasteiger charge is 2.15. The molecule has 2 aromatic heterocycles. The van der Waals surface area contributed by atoms with Crippen molar-refractivity contribution in [2.75, 3.05) is 6.54 Å². The van der Waals surface area contributed by atoms with E-state index in [2.05, 4.69) is 27.5 Å². The van der Waals surface area contributed by atoms with Gasteiger partial charge in [-0.05, 0) is 43.1 Å². The maximum Gasteiger partial charge on any atom is 0.0335 e. The molecule has 16 heavy (non-hydrogen) atoms. The quantitative estimate of drug-likeness (QED) is 0.767. The summed E-state index contributed by atoms with van der Waals surface area (Å²) in [7, 11) is 0. The number of rotatable bonds is 1. The molecule has 0 saturated carbocycles. The van der Waals surface area contributed by atoms with Crippen LogP contribution in [0.4, 0.5) is 0 Å². The van der Waals surface area contributed by atoms with Crippen molar-refractivity contribution in [3.63, 3.8) is 0 Å². The average Bonchev–Trinajstić information content (AvgIpc) is 3.05. The molecule has 3 rings (SSSR count). The second-order valence-electron chi connectivity index (χ2n) is 3.82. The number of nitrogens with zero attached hydrogens (tertiary/aromatic N) is 1. The first kappa shape index (κ1) is 10.9. The Hall–Kier alpha value is -1.61. The monoisotopic (exact) mass is 215 g/mol. The molecule has 1 aliphatic heterocycles. The number of nitrogens with one attached hydrogen (secondary N) is 2. The van der Waals surface area contributed by atoms with Gasteiger partial charge in [0.05, 0.1) is 0 Å². The van der Waals surface area contributed by atoms with Crippen molar-refractivity contribution in [2.24, 2.45) is 0 Å². The van der Waals surface area contributed by atoms with Crippen molar-refractivity contribution >= 4 is 0 Å². The second kappa shape index (κ2) is 6.08. The molecular formula is C13H17N3. The van der Waals surface area contributed by atoms with Crippen LogP contribution in [0.2, 0.25) is 0 Å². The number of pyridine rings is 1. The number of hydrogen-bond acceptors (Lipinski definition) is 2. The molecule has 1 fully saturated rings. The molecule has 2 N–H and O–H groups in total. The van der Waals surface area contributed by atoms with E-state index in [1.54, 1.807) is 12.4 Å². The minimum Gasteiger partial charge on any atom is -0.367 e. The highest BCUT2D eigenvalue weighted by molar-refractivity contribution is 5.14. The van der Waals surface area contributed by atoms with Crippen molar-refractivity contribution < 1.29 is 0 Å². The first-order valence-electron chi connectivity index (χ1n) is 5.68. The first-order chi connectivity index (χ1) is 7.97. The first-order valence-corrected chi connectivity index (χ1v) is 5.68. The van der Waals surface area contributed by atoms with Crippen molar-refractivity contribution in [2.45, 2.75) is 18.9 Å². The van der Waals surface area contributed by atoms with E-state index < -0.39 is 0 Å². The summed E-state index contributed by atoms with van der Waals surface area (Å²) in [6, 6.07) is 8.47. The van der Waals surface area contributed by atoms with E-state index in [1.807, 2.05) is 24.4 Å². The molecule has 3 nitrogen and oxygen atoms in total. The highest BCUT2D eigenvalue weighted by atomic mass is 14.9. The lowest BCUT2D eigenvalue weighted by Crippen LogP contribution is -2.11. The SMILES string of the molecule is c1cc(C2CCCN2)c[nH]1.c1ccncc1. The Morgan fingerprint density at radius 3 is 2.50 bits per heavy atom. The van der Waals surface area contributed by atoms with E-state index in [9.17, 15) is 0 Å². The maximum atomic E-state index is 3.78. The van der Waals surface area contributed by atoms with Crippen LogP contribution in [-0.4, -0.2) is 16.5 Å². The van der Waals surface area contributed by atoms with Gasteiger partial charge in [-0.2, -0.15) is 0 Å². The zero-order valence-corrected chi connectivity index (χ0v) is 9.26. The maximum absolute atomic E-state index is 3.78. The summed E-state index contributed by atoms with van der Waals surface area (Å²) in [5.74, 6) is 0. The smallest absolute Gasteiger partial charge is 0.0335 e. The second-order valence-corrected chi connectivity index (χ2v) is 3.82. The van der Waals surface area contributed by atoms with Gasteiger partial charge in [-0.3, -0.25) is 4.98 Å². The van der Waals surface area contributed by atoms with E-state index in [-0.39, 0.29) is 0 Å². The van der Waals surface area contributed by atoms with Gasteiger partial charge in [0.25, 0.3) is 0 Å². The van der Waals surface area contributed by atoms with E-state index in [0.717, 1.165) is 0 Å². The van der Waals surface area contributed by atoms with Crippen molar-refractivity contribution in [1.82, 2.24) is 15.3 Å². The topological polar surface area (TPSA) is 40.7 Å². The van der Waals surface area contributed by atoms with Crippen LogP contribution in [0.15, 0.2) is 49.1 Å². The third kappa shape index (κ3) is 3.21. The van der Waals surface area contributed by atoms with Crippen LogP contribution in [0, 0.1) is 0 Å². The molecule has 0 aliphatic carbocycles. The zero-order chi connectivity index (χ0) is 11.1. The molecule has 1 saturated heterocycles. The largest absolute Gasteiger partial charge is 0.367 e. The summed E-state index contributed by atoms with van der Waals surface area (Å²) in [6.45, 7) is 1.18. The van der Waals surface area contributed by atoms with Crippen LogP contribution in [0.25, 0.3) is 0 Å². The van der Waals surface area contributed by atoms with E-state index in [0.29, 0.717) is 6.04 Å². The van der Waals surface area contributed by atoms with Gasteiger partial charge in [0.2, 0.25) is 0 Å². The van der Waals surface area contributed by atoms with Crippen LogP contribution in [-0.2, 0) is 0 Å². The molecular weight excluding hydrogens is 198 g/mol. The molecule has 2 aromatic rings. The van der Waals surface area contributed by atoms with Crippen LogP contribution >= 0.6 is 0 Å². The Labute approximate surface area is 95.9 Å². The summed E-state index contributed by atoms with van der Waals surface area (Å²) < 4.78 is 0. The summed E-state index contributed by atoms with van der Waals surface area (Å²) in [6.07, 6.45) is 10.2. The zero-order valence-electron chi connectivity index (χ0n) is 9.26. The lowest BCUT2D eigenvalue weighted by atomic mass is 10.1. The molecule has 3 heterocycles. The molecule has 1 aliphatic rings. The van der Waals surface area contributed by atoms with Crippen LogP contribution in [0.1, 0.15) is 24.4 Å². The van der Waals surface area contributed by atoms with Gasteiger partial charge in [-0.25, -0.2) is 0 Å². The normalized spacial score (nSPS) is 18.9. The Kier molecular flexibility index (Phi) is 4.14. The van der Waals surface area contributed by atoms with Crippen molar-refractivity contribution in [3.8, 4) is 0 Å². The van der Waals surface area contributed by atoms with Crippen molar-refractivity contribution in [3.05, 3.63) is 54.6 Å². The number of hydrogen-bond donors (Lipinski definition) is 2. The van der Waals surface area contributed by atoms with Gasteiger partial charge >= 0.3 is 0 Å². The van der Waals surface area contributed by atoms with Gasteiger partial charge in [-0.15, -0.1) is 0 Å². The Bertz CT molecular complexity index is 337. The van der Waals surface area contributed by atoms with Gasteiger partial charge in [-0.1, -0.05) is 6.07 Å². The number of aromatic amines is 1. The van der Waals surface area contributed by atoms with E-state index >= 15 is 0 Å². The standard InChI is InChI=1S/C8H12N2.C5H5N/c1-2-8(10-4-1)7-3-5-9-6-7;1-2-4-6-5-3-1/h3,5-6,8-10H,1-2,4H2;1-5H. The molecule has 84 valence electrons. The van der Waals surface area contributed by atoms with Gasteiger partial charge in [0, 0.05) is 30.8 Å². The van der Waals surface area contributed by atoms with Gasteiger partial charge in [0.1, 0.15) is 0 Å².